The number of imide groups is 1. The average molecular weight is 480 g/mol. The molecule has 0 fully saturated rings. The molecule has 11 heteroatoms. The number of H-pyrrole nitrogens is 1. The first-order chi connectivity index (χ1) is 16.3. The number of nitrogens with zero attached hydrogens (tertiary/aromatic N) is 4. The number of carbonyl (C=O) groups is 3. The Morgan fingerprint density at radius 2 is 1.91 bits per heavy atom. The summed E-state index contributed by atoms with van der Waals surface area (Å²) in [5.74, 6) is -1.60. The second-order valence-electron chi connectivity index (χ2n) is 8.07. The van der Waals surface area contributed by atoms with Crippen molar-refractivity contribution in [3.05, 3.63) is 80.0 Å². The van der Waals surface area contributed by atoms with Gasteiger partial charge in [0.1, 0.15) is 5.56 Å². The van der Waals surface area contributed by atoms with Gasteiger partial charge in [-0.15, -0.1) is 0 Å². The highest BCUT2D eigenvalue weighted by atomic mass is 35.5. The number of nitrogens with one attached hydrogen (secondary N) is 1. The molecule has 0 unspecified atom stereocenters. The van der Waals surface area contributed by atoms with Gasteiger partial charge in [0.25, 0.3) is 17.5 Å². The minimum atomic E-state index is -0.749. The Morgan fingerprint density at radius 3 is 2.65 bits per heavy atom. The van der Waals surface area contributed by atoms with E-state index in [2.05, 4.69) is 10.2 Å². The zero-order valence-corrected chi connectivity index (χ0v) is 18.5. The van der Waals surface area contributed by atoms with E-state index in [1.54, 1.807) is 17.0 Å². The van der Waals surface area contributed by atoms with Gasteiger partial charge in [-0.2, -0.15) is 5.10 Å². The van der Waals surface area contributed by atoms with Crippen molar-refractivity contribution in [2.75, 3.05) is 13.1 Å². The maximum absolute atomic E-state index is 13.0. The number of fused-ring (bicyclic) bond motifs is 2. The summed E-state index contributed by atoms with van der Waals surface area (Å²) in [6.45, 7) is 0.666. The number of rotatable bonds is 5. The number of benzene rings is 2. The molecule has 5 rings (SSSR count). The maximum Gasteiger partial charge on any atom is 0.282 e. The number of aromatic nitrogens is 2. The molecule has 0 saturated heterocycles. The molecule has 3 heterocycles. The second-order valence-corrected chi connectivity index (χ2v) is 8.51. The summed E-state index contributed by atoms with van der Waals surface area (Å²) in [5.41, 5.74) is 2.85. The topological polar surface area (TPSA) is 130 Å². The van der Waals surface area contributed by atoms with Crippen molar-refractivity contribution < 1.29 is 19.3 Å². The summed E-state index contributed by atoms with van der Waals surface area (Å²) >= 11 is 5.98. The van der Waals surface area contributed by atoms with Crippen LogP contribution in [0.25, 0.3) is 11.3 Å². The van der Waals surface area contributed by atoms with Crippen LogP contribution in [0.15, 0.2) is 42.5 Å². The molecule has 0 bridgehead atoms. The standard InChI is InChI=1S/C23H18ClN5O5/c24-14-6-4-13(5-7-14)21-16-12-27(10-8-17(16)25-26-21)19(30)9-11-28-22(31)15-2-1-3-18(29(33)34)20(15)23(28)32/h1-7H,8-12H2,(H,25,26). The number of halogens is 1. The van der Waals surface area contributed by atoms with Gasteiger partial charge in [-0.25, -0.2) is 0 Å². The van der Waals surface area contributed by atoms with Crippen LogP contribution in [0.4, 0.5) is 5.69 Å². The van der Waals surface area contributed by atoms with Gasteiger partial charge in [-0.3, -0.25) is 34.5 Å². The highest BCUT2D eigenvalue weighted by Crippen LogP contribution is 2.32. The van der Waals surface area contributed by atoms with E-state index in [9.17, 15) is 24.5 Å². The predicted octanol–water partition coefficient (Wildman–Crippen LogP) is 3.21. The molecule has 0 saturated carbocycles. The highest BCUT2D eigenvalue weighted by molar-refractivity contribution is 6.30. The lowest BCUT2D eigenvalue weighted by molar-refractivity contribution is -0.385. The van der Waals surface area contributed by atoms with Crippen molar-refractivity contribution in [2.45, 2.75) is 19.4 Å². The molecular formula is C23H18ClN5O5. The highest BCUT2D eigenvalue weighted by Gasteiger charge is 2.41. The van der Waals surface area contributed by atoms with Crippen LogP contribution in [-0.2, 0) is 17.8 Å². The number of aromatic amines is 1. The molecule has 172 valence electrons. The average Bonchev–Trinajstić information content (AvgIpc) is 3.36. The summed E-state index contributed by atoms with van der Waals surface area (Å²) in [6, 6.07) is 11.2. The SMILES string of the molecule is O=C(CCN1C(=O)c2cccc([N+](=O)[O-])c2C1=O)N1CCc2[nH]nc(-c3ccc(Cl)cc3)c2C1. The molecule has 0 aliphatic carbocycles. The normalized spacial score (nSPS) is 14.9. The molecule has 3 aromatic rings. The monoisotopic (exact) mass is 479 g/mol. The van der Waals surface area contributed by atoms with Crippen molar-refractivity contribution in [2.24, 2.45) is 0 Å². The smallest absolute Gasteiger partial charge is 0.282 e. The Kier molecular flexibility index (Phi) is 5.37. The molecule has 3 amide bonds. The third-order valence-corrected chi connectivity index (χ3v) is 6.38. The fourth-order valence-corrected chi connectivity index (χ4v) is 4.52. The van der Waals surface area contributed by atoms with E-state index in [1.165, 1.54) is 18.2 Å². The molecular weight excluding hydrogens is 462 g/mol. The van der Waals surface area contributed by atoms with E-state index >= 15 is 0 Å². The zero-order chi connectivity index (χ0) is 24.0. The molecule has 1 aromatic heterocycles. The molecule has 10 nitrogen and oxygen atoms in total. The number of hydrogen-bond donors (Lipinski definition) is 1. The molecule has 0 radical (unpaired) electrons. The van der Waals surface area contributed by atoms with Crippen LogP contribution in [0.1, 0.15) is 38.4 Å². The minimum absolute atomic E-state index is 0.0136. The van der Waals surface area contributed by atoms with Crippen LogP contribution in [-0.4, -0.2) is 55.7 Å². The lowest BCUT2D eigenvalue weighted by Gasteiger charge is -2.28. The third-order valence-electron chi connectivity index (χ3n) is 6.13. The lowest BCUT2D eigenvalue weighted by atomic mass is 10.0. The quantitative estimate of drug-likeness (QED) is 0.340. The summed E-state index contributed by atoms with van der Waals surface area (Å²) in [5, 5.41) is 19.3. The largest absolute Gasteiger partial charge is 0.338 e. The maximum atomic E-state index is 13.0. The first kappa shape index (κ1) is 21.8. The number of amides is 3. The predicted molar refractivity (Wildman–Crippen MR) is 121 cm³/mol. The van der Waals surface area contributed by atoms with Crippen molar-refractivity contribution in [3.63, 3.8) is 0 Å². The van der Waals surface area contributed by atoms with E-state index < -0.39 is 22.4 Å². The minimum Gasteiger partial charge on any atom is -0.338 e. The summed E-state index contributed by atoms with van der Waals surface area (Å²) in [6.07, 6.45) is 0.517. The number of hydrogen-bond acceptors (Lipinski definition) is 6. The van der Waals surface area contributed by atoms with Gasteiger partial charge >= 0.3 is 0 Å². The van der Waals surface area contributed by atoms with Crippen molar-refractivity contribution in [1.82, 2.24) is 20.0 Å². The second kappa shape index (κ2) is 8.38. The summed E-state index contributed by atoms with van der Waals surface area (Å²) in [4.78, 5) is 51.5. The fourth-order valence-electron chi connectivity index (χ4n) is 4.39. The first-order valence-corrected chi connectivity index (χ1v) is 11.0. The first-order valence-electron chi connectivity index (χ1n) is 10.6. The van der Waals surface area contributed by atoms with Gasteiger partial charge in [0.15, 0.2) is 0 Å². The molecule has 2 aromatic carbocycles. The molecule has 0 spiro atoms. The van der Waals surface area contributed by atoms with Gasteiger partial charge in [0, 0.05) is 60.4 Å². The van der Waals surface area contributed by atoms with Crippen LogP contribution in [0.2, 0.25) is 5.02 Å². The zero-order valence-electron chi connectivity index (χ0n) is 17.8. The lowest BCUT2D eigenvalue weighted by Crippen LogP contribution is -2.39. The molecule has 1 N–H and O–H groups in total. The van der Waals surface area contributed by atoms with Gasteiger partial charge < -0.3 is 4.90 Å². The Labute approximate surface area is 198 Å². The van der Waals surface area contributed by atoms with Gasteiger partial charge in [-0.1, -0.05) is 29.8 Å². The van der Waals surface area contributed by atoms with E-state index in [4.69, 9.17) is 11.6 Å². The van der Waals surface area contributed by atoms with E-state index in [-0.39, 0.29) is 30.0 Å². The Bertz CT molecular complexity index is 1350. The number of nitro benzene ring substituents is 1. The van der Waals surface area contributed by atoms with Gasteiger partial charge in [0.05, 0.1) is 16.2 Å². The van der Waals surface area contributed by atoms with E-state index in [0.29, 0.717) is 24.5 Å². The Hall–Kier alpha value is -4.05. The van der Waals surface area contributed by atoms with Gasteiger partial charge in [0.2, 0.25) is 5.91 Å². The Morgan fingerprint density at radius 1 is 1.15 bits per heavy atom. The number of carbonyl (C=O) groups excluding carboxylic acids is 3. The third kappa shape index (κ3) is 3.61. The molecule has 2 aliphatic heterocycles. The van der Waals surface area contributed by atoms with Crippen molar-refractivity contribution in [3.8, 4) is 11.3 Å². The van der Waals surface area contributed by atoms with Crippen LogP contribution >= 0.6 is 11.6 Å². The van der Waals surface area contributed by atoms with Crippen LogP contribution in [0, 0.1) is 10.1 Å². The van der Waals surface area contributed by atoms with Crippen LogP contribution < -0.4 is 0 Å². The Balaban J connectivity index is 1.29. The molecule has 2 aliphatic rings. The van der Waals surface area contributed by atoms with Crippen LogP contribution in [0.3, 0.4) is 0 Å². The van der Waals surface area contributed by atoms with Crippen molar-refractivity contribution in [1.29, 1.82) is 0 Å². The summed E-state index contributed by atoms with van der Waals surface area (Å²) < 4.78 is 0. The summed E-state index contributed by atoms with van der Waals surface area (Å²) in [7, 11) is 0. The van der Waals surface area contributed by atoms with Crippen LogP contribution in [0.5, 0.6) is 0 Å². The van der Waals surface area contributed by atoms with E-state index in [0.717, 1.165) is 27.4 Å². The molecule has 34 heavy (non-hydrogen) atoms. The fraction of sp³-hybridized carbons (Fsp3) is 0.217. The van der Waals surface area contributed by atoms with E-state index in [1.807, 2.05) is 12.1 Å². The van der Waals surface area contributed by atoms with Gasteiger partial charge in [-0.05, 0) is 18.2 Å². The van der Waals surface area contributed by atoms with Crippen molar-refractivity contribution >= 4 is 35.0 Å². The number of nitro groups is 1. The molecule has 0 atom stereocenters.